The molecular weight excluding hydrogens is 531 g/mol. The summed E-state index contributed by atoms with van der Waals surface area (Å²) in [5.41, 5.74) is 4.82. The Morgan fingerprint density at radius 1 is 1.19 bits per heavy atom. The summed E-state index contributed by atoms with van der Waals surface area (Å²) in [6.45, 7) is 11.5. The van der Waals surface area contributed by atoms with E-state index in [4.69, 9.17) is 19.9 Å². The molecule has 208 valence electrons. The average Bonchev–Trinajstić information content (AvgIpc) is 3.02. The van der Waals surface area contributed by atoms with Crippen molar-refractivity contribution >= 4 is 60.8 Å². The lowest BCUT2D eigenvalue weighted by Crippen LogP contribution is -2.65. The number of likely N-dealkylation sites (tertiary alicyclic amines) is 1. The second-order valence-corrected chi connectivity index (χ2v) is 12.3. The van der Waals surface area contributed by atoms with Gasteiger partial charge in [-0.2, -0.15) is 0 Å². The molecule has 0 unspecified atom stereocenters. The third kappa shape index (κ3) is 7.63. The molecule has 0 radical (unpaired) electrons. The van der Waals surface area contributed by atoms with Crippen molar-refractivity contribution in [3.05, 3.63) is 0 Å². The summed E-state index contributed by atoms with van der Waals surface area (Å²) in [5.74, 6) is -1.22. The summed E-state index contributed by atoms with van der Waals surface area (Å²) >= 11 is 1.54. The Morgan fingerprint density at radius 2 is 1.83 bits per heavy atom. The van der Waals surface area contributed by atoms with Crippen LogP contribution in [0.25, 0.3) is 0 Å². The summed E-state index contributed by atoms with van der Waals surface area (Å²) in [5, 5.41) is -0.217. The van der Waals surface area contributed by atoms with Crippen LogP contribution in [0.1, 0.15) is 53.9 Å². The number of ether oxygens (including phenoxy) is 3. The minimum atomic E-state index is -0.754. The Kier molecular flexibility index (Phi) is 12.3. The molecule has 10 nitrogen and oxygen atoms in total. The van der Waals surface area contributed by atoms with Gasteiger partial charge in [0.2, 0.25) is 6.79 Å². The highest BCUT2D eigenvalue weighted by atomic mass is 35.5. The normalized spacial score (nSPS) is 25.5. The number of esters is 2. The zero-order valence-corrected chi connectivity index (χ0v) is 24.1. The fourth-order valence-corrected chi connectivity index (χ4v) is 5.82. The predicted molar refractivity (Wildman–Crippen MR) is 144 cm³/mol. The second-order valence-electron chi connectivity index (χ2n) is 10.5. The van der Waals surface area contributed by atoms with E-state index >= 15 is 0 Å². The van der Waals surface area contributed by atoms with Gasteiger partial charge in [0.25, 0.3) is 5.91 Å². The Labute approximate surface area is 230 Å². The summed E-state index contributed by atoms with van der Waals surface area (Å²) in [6, 6.07) is -1.27. The van der Waals surface area contributed by atoms with Gasteiger partial charge in [0.05, 0.1) is 17.9 Å². The Morgan fingerprint density at radius 3 is 2.42 bits per heavy atom. The first-order chi connectivity index (χ1) is 16.0. The van der Waals surface area contributed by atoms with Gasteiger partial charge in [-0.05, 0) is 60.4 Å². The lowest BCUT2D eigenvalue weighted by atomic mass is 9.96. The van der Waals surface area contributed by atoms with Crippen LogP contribution >= 0.6 is 36.6 Å². The maximum absolute atomic E-state index is 12.9. The fourth-order valence-electron chi connectivity index (χ4n) is 4.20. The van der Waals surface area contributed by atoms with Gasteiger partial charge in [0.1, 0.15) is 11.4 Å². The van der Waals surface area contributed by atoms with E-state index in [9.17, 15) is 14.4 Å². The van der Waals surface area contributed by atoms with E-state index in [1.807, 2.05) is 13.8 Å². The number of halogens is 2. The molecule has 0 aromatic carbocycles. The van der Waals surface area contributed by atoms with Crippen LogP contribution in [0.4, 0.5) is 0 Å². The van der Waals surface area contributed by atoms with Gasteiger partial charge < -0.3 is 29.7 Å². The maximum atomic E-state index is 12.9. The topological polar surface area (TPSA) is 124 Å². The molecule has 3 heterocycles. The Balaban J connectivity index is 0.00000324. The Hall–Kier alpha value is -1.27. The molecule has 1 amide bonds. The lowest BCUT2D eigenvalue weighted by Gasteiger charge is -2.42. The van der Waals surface area contributed by atoms with Gasteiger partial charge in [-0.1, -0.05) is 0 Å². The van der Waals surface area contributed by atoms with Crippen LogP contribution < -0.4 is 5.73 Å². The van der Waals surface area contributed by atoms with E-state index in [0.29, 0.717) is 13.2 Å². The number of nitrogens with two attached hydrogens (primary N) is 1. The van der Waals surface area contributed by atoms with Gasteiger partial charge in [-0.15, -0.1) is 36.6 Å². The second kappa shape index (κ2) is 13.5. The molecule has 0 aromatic rings. The SMILES string of the molecule is CC(C)(C)C(=O)OCOC(=O)[C@@H]1N2C(=O)[C@@H](N=CN3CCC(OCCCN)CC3)[C@H]2SC1(C)C.Cl.Cl. The highest BCUT2D eigenvalue weighted by molar-refractivity contribution is 8.01. The fraction of sp³-hybridized carbons (Fsp3) is 0.826. The molecule has 0 aromatic heterocycles. The molecule has 3 atom stereocenters. The van der Waals surface area contributed by atoms with Crippen LogP contribution in [0, 0.1) is 5.41 Å². The van der Waals surface area contributed by atoms with Crippen molar-refractivity contribution in [3.63, 3.8) is 0 Å². The molecular formula is C23H40Cl2N4O6S. The summed E-state index contributed by atoms with van der Waals surface area (Å²) in [4.78, 5) is 45.8. The van der Waals surface area contributed by atoms with E-state index in [0.717, 1.165) is 32.4 Å². The van der Waals surface area contributed by atoms with E-state index in [2.05, 4.69) is 9.89 Å². The number of rotatable bonds is 9. The largest absolute Gasteiger partial charge is 0.427 e. The maximum Gasteiger partial charge on any atom is 0.333 e. The summed E-state index contributed by atoms with van der Waals surface area (Å²) in [7, 11) is 0. The highest BCUT2D eigenvalue weighted by Gasteiger charge is 2.64. The molecule has 13 heteroatoms. The molecule has 0 bridgehead atoms. The van der Waals surface area contributed by atoms with Gasteiger partial charge in [-0.3, -0.25) is 14.6 Å². The molecule has 36 heavy (non-hydrogen) atoms. The smallest absolute Gasteiger partial charge is 0.333 e. The van der Waals surface area contributed by atoms with E-state index in [1.54, 1.807) is 43.8 Å². The minimum absolute atomic E-state index is 0. The van der Waals surface area contributed by atoms with Crippen molar-refractivity contribution < 1.29 is 28.6 Å². The molecule has 0 saturated carbocycles. The highest BCUT2D eigenvalue weighted by Crippen LogP contribution is 2.51. The first-order valence-corrected chi connectivity index (χ1v) is 12.8. The molecule has 3 fully saturated rings. The molecule has 0 spiro atoms. The monoisotopic (exact) mass is 570 g/mol. The molecule has 3 rings (SSSR count). The number of aliphatic imine (C=N–C) groups is 1. The van der Waals surface area contributed by atoms with E-state index in [-0.39, 0.29) is 42.2 Å². The number of nitrogens with zero attached hydrogens (tertiary/aromatic N) is 3. The van der Waals surface area contributed by atoms with Crippen molar-refractivity contribution in [1.82, 2.24) is 9.80 Å². The number of hydrogen-bond acceptors (Lipinski definition) is 9. The van der Waals surface area contributed by atoms with Crippen LogP contribution in [0.2, 0.25) is 0 Å². The number of piperidine rings is 1. The van der Waals surface area contributed by atoms with Crippen molar-refractivity contribution in [2.24, 2.45) is 16.1 Å². The lowest BCUT2D eigenvalue weighted by molar-refractivity contribution is -0.179. The number of fused-ring (bicyclic) bond motifs is 1. The first-order valence-electron chi connectivity index (χ1n) is 11.9. The van der Waals surface area contributed by atoms with Crippen molar-refractivity contribution in [3.8, 4) is 0 Å². The van der Waals surface area contributed by atoms with Crippen molar-refractivity contribution in [1.29, 1.82) is 0 Å². The number of carbonyl (C=O) groups is 3. The molecule has 3 saturated heterocycles. The van der Waals surface area contributed by atoms with Crippen molar-refractivity contribution in [2.75, 3.05) is 33.0 Å². The molecule has 0 aliphatic carbocycles. The van der Waals surface area contributed by atoms with Crippen LogP contribution in [0.5, 0.6) is 0 Å². The van der Waals surface area contributed by atoms with Gasteiger partial charge in [0.15, 0.2) is 6.04 Å². The van der Waals surface area contributed by atoms with Gasteiger partial charge in [0, 0.05) is 24.4 Å². The van der Waals surface area contributed by atoms with Crippen molar-refractivity contribution in [2.45, 2.75) is 82.2 Å². The summed E-state index contributed by atoms with van der Waals surface area (Å²) in [6.07, 6.45) is 4.72. The van der Waals surface area contributed by atoms with Crippen LogP contribution in [-0.4, -0.2) is 95.3 Å². The zero-order chi connectivity index (χ0) is 25.1. The Bertz CT molecular complexity index is 802. The number of carbonyl (C=O) groups excluding carboxylic acids is 3. The van der Waals surface area contributed by atoms with E-state index in [1.165, 1.54) is 0 Å². The van der Waals surface area contributed by atoms with E-state index < -0.39 is 41.0 Å². The third-order valence-electron chi connectivity index (χ3n) is 6.21. The van der Waals surface area contributed by atoms with Gasteiger partial charge in [-0.25, -0.2) is 4.79 Å². The number of thioether (sulfide) groups is 1. The average molecular weight is 572 g/mol. The summed E-state index contributed by atoms with van der Waals surface area (Å²) < 4.78 is 15.5. The third-order valence-corrected chi connectivity index (χ3v) is 7.77. The van der Waals surface area contributed by atoms with Crippen LogP contribution in [0.3, 0.4) is 0 Å². The molecule has 3 aliphatic rings. The number of amides is 1. The standard InChI is InChI=1S/C23H38N4O6S.2ClH/c1-22(2,3)21(30)33-14-32-20(29)17-23(4,5)34-19-16(18(28)27(17)19)25-13-26-10-7-15(8-11-26)31-12-6-9-24;;/h13,15-17,19H,6-12,14,24H2,1-5H3;2*1H/t16-,17+,19-;;/m1../s1. The molecule has 2 N–H and O–H groups in total. The van der Waals surface area contributed by atoms with Crippen LogP contribution in [-0.2, 0) is 28.6 Å². The number of hydrogen-bond donors (Lipinski definition) is 1. The quantitative estimate of drug-likeness (QED) is 0.111. The predicted octanol–water partition coefficient (Wildman–Crippen LogP) is 2.21. The molecule has 3 aliphatic heterocycles. The van der Waals surface area contributed by atoms with Crippen LogP contribution in [0.15, 0.2) is 4.99 Å². The first kappa shape index (κ1) is 32.8. The number of β-lactam (4-membered cyclic amide) rings is 1. The minimum Gasteiger partial charge on any atom is -0.427 e. The van der Waals surface area contributed by atoms with Gasteiger partial charge >= 0.3 is 11.9 Å². The zero-order valence-electron chi connectivity index (χ0n) is 21.6.